The van der Waals surface area contributed by atoms with Gasteiger partial charge in [-0.25, -0.2) is 8.42 Å². The minimum Gasteiger partial charge on any atom is -0.412 e. The molecule has 1 amide bonds. The number of aromatic nitrogens is 2. The molecule has 2 aliphatic rings. The predicted molar refractivity (Wildman–Crippen MR) is 104 cm³/mol. The zero-order valence-corrected chi connectivity index (χ0v) is 16.9. The Balaban J connectivity index is 1.42. The van der Waals surface area contributed by atoms with E-state index in [1.54, 1.807) is 12.1 Å². The molecule has 1 aromatic heterocycles. The fourth-order valence-corrected chi connectivity index (χ4v) is 5.06. The highest BCUT2D eigenvalue weighted by Crippen LogP contribution is 2.24. The Morgan fingerprint density at radius 3 is 2.55 bits per heavy atom. The third-order valence-corrected chi connectivity index (χ3v) is 7.10. The summed E-state index contributed by atoms with van der Waals surface area (Å²) in [5, 5.41) is 10.4. The molecule has 2 aromatic rings. The van der Waals surface area contributed by atoms with Gasteiger partial charge in [-0.05, 0) is 49.9 Å². The second-order valence-corrected chi connectivity index (χ2v) is 9.18. The normalized spacial score (nSPS) is 20.6. The largest absolute Gasteiger partial charge is 0.412 e. The third kappa shape index (κ3) is 4.49. The van der Waals surface area contributed by atoms with Gasteiger partial charge in [-0.3, -0.25) is 4.79 Å². The molecule has 0 radical (unpaired) electrons. The van der Waals surface area contributed by atoms with Crippen molar-refractivity contribution in [1.82, 2.24) is 19.8 Å². The van der Waals surface area contributed by atoms with Gasteiger partial charge in [0.1, 0.15) is 0 Å². The Hall–Kier alpha value is -2.30. The van der Waals surface area contributed by atoms with E-state index in [4.69, 9.17) is 9.15 Å². The molecule has 0 bridgehead atoms. The molecule has 1 N–H and O–H groups in total. The van der Waals surface area contributed by atoms with Crippen LogP contribution in [0.5, 0.6) is 0 Å². The van der Waals surface area contributed by atoms with Crippen molar-refractivity contribution in [2.45, 2.75) is 43.1 Å². The lowest BCUT2D eigenvalue weighted by molar-refractivity contribution is 0.0830. The number of hydrogen-bond acceptors (Lipinski definition) is 7. The molecule has 1 atom stereocenters. The number of carbonyl (C=O) groups excluding carboxylic acids is 1. The van der Waals surface area contributed by atoms with Crippen molar-refractivity contribution in [2.24, 2.45) is 0 Å². The van der Waals surface area contributed by atoms with Crippen molar-refractivity contribution < 1.29 is 22.4 Å². The molecule has 0 aliphatic carbocycles. The smallest absolute Gasteiger partial charge is 0.308 e. The lowest BCUT2D eigenvalue weighted by Gasteiger charge is -2.25. The van der Waals surface area contributed by atoms with Crippen molar-refractivity contribution in [2.75, 3.05) is 26.2 Å². The van der Waals surface area contributed by atoms with Crippen LogP contribution in [0.3, 0.4) is 0 Å². The highest BCUT2D eigenvalue weighted by atomic mass is 32.2. The number of hydrogen-bond donors (Lipinski definition) is 1. The molecule has 2 saturated heterocycles. The quantitative estimate of drug-likeness (QED) is 0.758. The summed E-state index contributed by atoms with van der Waals surface area (Å²) >= 11 is 0. The number of carbonyl (C=O) groups is 1. The predicted octanol–water partition coefficient (Wildman–Crippen LogP) is 1.82. The number of nitrogens with zero attached hydrogens (tertiary/aromatic N) is 3. The molecule has 29 heavy (non-hydrogen) atoms. The van der Waals surface area contributed by atoms with Gasteiger partial charge in [-0.15, -0.1) is 10.2 Å². The summed E-state index contributed by atoms with van der Waals surface area (Å²) in [6.45, 7) is 2.23. The van der Waals surface area contributed by atoms with Crippen LogP contribution in [0.25, 0.3) is 11.5 Å². The molecule has 2 aliphatic heterocycles. The van der Waals surface area contributed by atoms with Gasteiger partial charge in [-0.1, -0.05) is 6.42 Å². The first-order valence-corrected chi connectivity index (χ1v) is 11.3. The second kappa shape index (κ2) is 8.60. The molecule has 156 valence electrons. The van der Waals surface area contributed by atoms with Gasteiger partial charge in [0.2, 0.25) is 15.9 Å². The molecule has 2 fully saturated rings. The molecule has 0 saturated carbocycles. The fourth-order valence-electron chi connectivity index (χ4n) is 3.54. The van der Waals surface area contributed by atoms with Crippen molar-refractivity contribution >= 4 is 15.9 Å². The first-order valence-electron chi connectivity index (χ1n) is 9.88. The molecular formula is C19H24N4O5S. The van der Waals surface area contributed by atoms with Crippen LogP contribution in [0.2, 0.25) is 0 Å². The van der Waals surface area contributed by atoms with Crippen LogP contribution in [-0.4, -0.2) is 61.2 Å². The van der Waals surface area contributed by atoms with Gasteiger partial charge in [0.25, 0.3) is 0 Å². The molecule has 10 heteroatoms. The van der Waals surface area contributed by atoms with E-state index in [9.17, 15) is 13.2 Å². The second-order valence-electron chi connectivity index (χ2n) is 7.25. The summed E-state index contributed by atoms with van der Waals surface area (Å²) in [6.07, 6.45) is 4.77. The average molecular weight is 420 g/mol. The summed E-state index contributed by atoms with van der Waals surface area (Å²) in [7, 11) is -3.49. The number of benzene rings is 1. The van der Waals surface area contributed by atoms with E-state index in [0.717, 1.165) is 32.1 Å². The van der Waals surface area contributed by atoms with Gasteiger partial charge in [-0.2, -0.15) is 4.31 Å². The maximum absolute atomic E-state index is 12.7. The zero-order chi connectivity index (χ0) is 20.3. The van der Waals surface area contributed by atoms with Crippen LogP contribution in [0, 0.1) is 0 Å². The lowest BCUT2D eigenvalue weighted by Crippen LogP contribution is -2.35. The van der Waals surface area contributed by atoms with Crippen molar-refractivity contribution in [3.63, 3.8) is 0 Å². The van der Waals surface area contributed by atoms with E-state index in [1.165, 1.54) is 16.4 Å². The Bertz CT molecular complexity index is 945. The maximum atomic E-state index is 12.7. The number of ether oxygens (including phenoxy) is 1. The minimum absolute atomic E-state index is 0.0238. The minimum atomic E-state index is -3.49. The van der Waals surface area contributed by atoms with E-state index in [0.29, 0.717) is 31.8 Å². The number of sulfonamides is 1. The average Bonchev–Trinajstić information content (AvgIpc) is 3.45. The molecule has 3 heterocycles. The summed E-state index contributed by atoms with van der Waals surface area (Å²) < 4.78 is 37.9. The Kier molecular flexibility index (Phi) is 5.93. The van der Waals surface area contributed by atoms with Crippen molar-refractivity contribution in [3.8, 4) is 11.5 Å². The summed E-state index contributed by atoms with van der Waals surface area (Å²) in [4.78, 5) is 12.4. The monoisotopic (exact) mass is 420 g/mol. The number of piperidine rings is 1. The molecular weight excluding hydrogens is 396 g/mol. The van der Waals surface area contributed by atoms with Gasteiger partial charge < -0.3 is 14.5 Å². The topological polar surface area (TPSA) is 115 Å². The maximum Gasteiger partial charge on any atom is 0.308 e. The van der Waals surface area contributed by atoms with Crippen LogP contribution in [-0.2, 0) is 14.8 Å². The van der Waals surface area contributed by atoms with Gasteiger partial charge >= 0.3 is 11.8 Å². The molecule has 1 aromatic carbocycles. The Labute approximate surface area is 169 Å². The molecule has 4 rings (SSSR count). The van der Waals surface area contributed by atoms with Crippen molar-refractivity contribution in [1.29, 1.82) is 0 Å². The summed E-state index contributed by atoms with van der Waals surface area (Å²) in [6, 6.07) is 6.28. The summed E-state index contributed by atoms with van der Waals surface area (Å²) in [5.74, 6) is -0.430. The summed E-state index contributed by atoms with van der Waals surface area (Å²) in [5.41, 5.74) is 0.549. The van der Waals surface area contributed by atoms with Gasteiger partial charge in [0.15, 0.2) is 0 Å². The third-order valence-electron chi connectivity index (χ3n) is 5.19. The van der Waals surface area contributed by atoms with E-state index in [1.807, 2.05) is 0 Å². The molecule has 0 unspecified atom stereocenters. The van der Waals surface area contributed by atoms with E-state index in [2.05, 4.69) is 15.5 Å². The van der Waals surface area contributed by atoms with Gasteiger partial charge in [0.05, 0.1) is 11.0 Å². The van der Waals surface area contributed by atoms with E-state index >= 15 is 0 Å². The van der Waals surface area contributed by atoms with Crippen LogP contribution in [0.15, 0.2) is 33.6 Å². The highest BCUT2D eigenvalue weighted by molar-refractivity contribution is 7.89. The SMILES string of the molecule is O=C(NC[C@H]1CCCO1)c1nnc(-c2ccc(S(=O)(=O)N3CCCCC3)cc2)o1. The fraction of sp³-hybridized carbons (Fsp3) is 0.526. The first kappa shape index (κ1) is 20.0. The van der Waals surface area contributed by atoms with Crippen LogP contribution < -0.4 is 5.32 Å². The number of nitrogens with one attached hydrogen (secondary N) is 1. The highest BCUT2D eigenvalue weighted by Gasteiger charge is 2.26. The lowest BCUT2D eigenvalue weighted by atomic mass is 10.2. The standard InChI is InChI=1S/C19H24N4O5S/c24-17(20-13-15-5-4-12-27-15)19-22-21-18(28-19)14-6-8-16(9-7-14)29(25,26)23-10-2-1-3-11-23/h6-9,15H,1-5,10-13H2,(H,20,24)/t15-/m1/s1. The van der Waals surface area contributed by atoms with Gasteiger partial charge in [0, 0.05) is 31.8 Å². The van der Waals surface area contributed by atoms with E-state index in [-0.39, 0.29) is 22.8 Å². The molecule has 9 nitrogen and oxygen atoms in total. The zero-order valence-electron chi connectivity index (χ0n) is 16.0. The van der Waals surface area contributed by atoms with Crippen LogP contribution >= 0.6 is 0 Å². The van der Waals surface area contributed by atoms with Crippen LogP contribution in [0.4, 0.5) is 0 Å². The number of amides is 1. The molecule has 0 spiro atoms. The van der Waals surface area contributed by atoms with E-state index < -0.39 is 15.9 Å². The first-order chi connectivity index (χ1) is 14.0. The Morgan fingerprint density at radius 1 is 1.10 bits per heavy atom. The number of rotatable bonds is 6. The van der Waals surface area contributed by atoms with Crippen LogP contribution in [0.1, 0.15) is 42.8 Å². The Morgan fingerprint density at radius 2 is 1.86 bits per heavy atom. The van der Waals surface area contributed by atoms with Crippen molar-refractivity contribution in [3.05, 3.63) is 30.2 Å².